The van der Waals surface area contributed by atoms with E-state index < -0.39 is 11.6 Å². The normalized spacial score (nSPS) is 22.9. The third-order valence-electron chi connectivity index (χ3n) is 2.49. The van der Waals surface area contributed by atoms with Crippen LogP contribution in [0.3, 0.4) is 0 Å². The highest BCUT2D eigenvalue weighted by Crippen LogP contribution is 2.28. The number of hydrogen-bond acceptors (Lipinski definition) is 1. The molecular formula is C10H10F3N. The van der Waals surface area contributed by atoms with E-state index in [0.717, 1.165) is 6.07 Å². The first-order chi connectivity index (χ1) is 6.65. The summed E-state index contributed by atoms with van der Waals surface area (Å²) in [6.07, 6.45) is 0.611. The first-order valence-corrected chi connectivity index (χ1v) is 4.52. The van der Waals surface area contributed by atoms with Crippen molar-refractivity contribution < 1.29 is 13.3 Å². The Morgan fingerprint density at radius 1 is 1.14 bits per heavy atom. The maximum absolute atomic E-state index is 12.8. The van der Waals surface area contributed by atoms with Gasteiger partial charge in [-0.15, -0.1) is 9.60 Å². The summed E-state index contributed by atoms with van der Waals surface area (Å²) >= 11 is 0. The maximum Gasteiger partial charge on any atom is 0.126 e. The zero-order chi connectivity index (χ0) is 10.1. The fraction of sp³-hybridized carbons (Fsp3) is 0.400. The van der Waals surface area contributed by atoms with Gasteiger partial charge in [-0.1, -0.05) is 0 Å². The summed E-state index contributed by atoms with van der Waals surface area (Å²) in [5, 5.41) is 0.674. The van der Waals surface area contributed by atoms with Crippen molar-refractivity contribution in [2.24, 2.45) is 0 Å². The van der Waals surface area contributed by atoms with Gasteiger partial charge in [0.25, 0.3) is 0 Å². The second-order valence-corrected chi connectivity index (χ2v) is 3.56. The van der Waals surface area contributed by atoms with Crippen molar-refractivity contribution in [3.63, 3.8) is 0 Å². The fourth-order valence-corrected chi connectivity index (χ4v) is 1.80. The van der Waals surface area contributed by atoms with Crippen molar-refractivity contribution in [2.75, 3.05) is 13.1 Å². The van der Waals surface area contributed by atoms with Gasteiger partial charge in [0.15, 0.2) is 0 Å². The summed E-state index contributed by atoms with van der Waals surface area (Å²) in [5.74, 6) is -1.29. The molecule has 0 amide bonds. The second-order valence-electron chi connectivity index (χ2n) is 3.56. The molecule has 1 aliphatic rings. The molecule has 1 aliphatic heterocycles. The molecule has 0 spiro atoms. The molecule has 1 saturated heterocycles. The lowest BCUT2D eigenvalue weighted by Crippen LogP contribution is -2.08. The SMILES string of the molecule is Fc1cc(F)cc([C@@H]2CCN(F)C2)c1. The zero-order valence-corrected chi connectivity index (χ0v) is 7.51. The minimum Gasteiger partial charge on any atom is -0.207 e. The van der Waals surface area contributed by atoms with E-state index in [0.29, 0.717) is 23.7 Å². The molecule has 4 heteroatoms. The Balaban J connectivity index is 2.23. The summed E-state index contributed by atoms with van der Waals surface area (Å²) in [6, 6.07) is 3.37. The van der Waals surface area contributed by atoms with Crippen LogP contribution in [0.2, 0.25) is 0 Å². The number of nitrogens with zero attached hydrogens (tertiary/aromatic N) is 1. The van der Waals surface area contributed by atoms with E-state index >= 15 is 0 Å². The topological polar surface area (TPSA) is 3.24 Å². The Bertz CT molecular complexity index is 320. The van der Waals surface area contributed by atoms with Crippen molar-refractivity contribution >= 4 is 0 Å². The van der Waals surface area contributed by atoms with Crippen LogP contribution < -0.4 is 0 Å². The van der Waals surface area contributed by atoms with Crippen LogP contribution in [0.4, 0.5) is 13.3 Å². The van der Waals surface area contributed by atoms with E-state index in [1.165, 1.54) is 12.1 Å². The molecule has 0 saturated carbocycles. The number of hydrogen-bond donors (Lipinski definition) is 0. The van der Waals surface area contributed by atoms with E-state index in [4.69, 9.17) is 0 Å². The first-order valence-electron chi connectivity index (χ1n) is 4.52. The van der Waals surface area contributed by atoms with Crippen molar-refractivity contribution in [1.29, 1.82) is 0 Å². The molecule has 1 nitrogen and oxygen atoms in total. The standard InChI is InChI=1S/C10H10F3N/c11-9-3-8(4-10(12)5-9)7-1-2-14(13)6-7/h3-5,7H,1-2,6H2/t7-/m1/s1. The summed E-state index contributed by atoms with van der Waals surface area (Å²) in [4.78, 5) is 0. The van der Waals surface area contributed by atoms with E-state index in [2.05, 4.69) is 0 Å². The molecule has 2 rings (SSSR count). The molecule has 0 N–H and O–H groups in total. The number of halogens is 3. The minimum absolute atomic E-state index is 0.0924. The highest BCUT2D eigenvalue weighted by atomic mass is 19.2. The predicted octanol–water partition coefficient (Wildman–Crippen LogP) is 2.64. The van der Waals surface area contributed by atoms with Gasteiger partial charge in [-0.25, -0.2) is 8.78 Å². The minimum atomic E-state index is -0.600. The quantitative estimate of drug-likeness (QED) is 0.631. The Morgan fingerprint density at radius 2 is 1.79 bits per heavy atom. The van der Waals surface area contributed by atoms with Gasteiger partial charge in [-0.2, -0.15) is 0 Å². The van der Waals surface area contributed by atoms with Gasteiger partial charge >= 0.3 is 0 Å². The zero-order valence-electron chi connectivity index (χ0n) is 7.51. The number of rotatable bonds is 1. The van der Waals surface area contributed by atoms with Gasteiger partial charge < -0.3 is 0 Å². The monoisotopic (exact) mass is 201 g/mol. The molecule has 0 radical (unpaired) electrons. The molecule has 1 heterocycles. The molecule has 1 aromatic rings. The fourth-order valence-electron chi connectivity index (χ4n) is 1.80. The van der Waals surface area contributed by atoms with Crippen LogP contribution >= 0.6 is 0 Å². The molecule has 0 aliphatic carbocycles. The molecule has 0 aromatic heterocycles. The highest BCUT2D eigenvalue weighted by Gasteiger charge is 2.24. The maximum atomic E-state index is 12.8. The third kappa shape index (κ3) is 1.90. The van der Waals surface area contributed by atoms with E-state index in [9.17, 15) is 13.3 Å². The van der Waals surface area contributed by atoms with Crippen LogP contribution in [-0.4, -0.2) is 18.2 Å². The molecule has 1 fully saturated rings. The molecule has 0 bridgehead atoms. The van der Waals surface area contributed by atoms with Gasteiger partial charge in [0.05, 0.1) is 0 Å². The lowest BCUT2D eigenvalue weighted by molar-refractivity contribution is 0.0555. The van der Waals surface area contributed by atoms with Crippen molar-refractivity contribution in [2.45, 2.75) is 12.3 Å². The summed E-state index contributed by atoms with van der Waals surface area (Å²) < 4.78 is 38.4. The van der Waals surface area contributed by atoms with Crippen molar-refractivity contribution in [1.82, 2.24) is 5.12 Å². The van der Waals surface area contributed by atoms with Crippen LogP contribution in [0, 0.1) is 11.6 Å². The molecule has 0 unspecified atom stereocenters. The largest absolute Gasteiger partial charge is 0.207 e. The molecule has 76 valence electrons. The van der Waals surface area contributed by atoms with Crippen LogP contribution in [0.1, 0.15) is 17.9 Å². The summed E-state index contributed by atoms with van der Waals surface area (Å²) in [7, 11) is 0. The molecule has 14 heavy (non-hydrogen) atoms. The van der Waals surface area contributed by atoms with Crippen LogP contribution in [0.15, 0.2) is 18.2 Å². The molecule has 1 atom stereocenters. The Labute approximate surface area is 80.1 Å². The van der Waals surface area contributed by atoms with Gasteiger partial charge in [0.1, 0.15) is 11.6 Å². The first kappa shape index (κ1) is 9.52. The molecule has 1 aromatic carbocycles. The smallest absolute Gasteiger partial charge is 0.126 e. The van der Waals surface area contributed by atoms with Crippen molar-refractivity contribution in [3.8, 4) is 0 Å². The summed E-state index contributed by atoms with van der Waals surface area (Å²) in [5.41, 5.74) is 0.544. The number of benzene rings is 1. The Kier molecular flexibility index (Phi) is 2.46. The van der Waals surface area contributed by atoms with Crippen molar-refractivity contribution in [3.05, 3.63) is 35.4 Å². The van der Waals surface area contributed by atoms with Gasteiger partial charge in [-0.05, 0) is 24.1 Å². The van der Waals surface area contributed by atoms with Gasteiger partial charge in [0.2, 0.25) is 0 Å². The van der Waals surface area contributed by atoms with E-state index in [1.54, 1.807) is 0 Å². The second kappa shape index (κ2) is 3.61. The van der Waals surface area contributed by atoms with Crippen LogP contribution in [0.5, 0.6) is 0 Å². The predicted molar refractivity (Wildman–Crippen MR) is 46.4 cm³/mol. The van der Waals surface area contributed by atoms with Crippen LogP contribution in [0.25, 0.3) is 0 Å². The lowest BCUT2D eigenvalue weighted by Gasteiger charge is -2.09. The Morgan fingerprint density at radius 3 is 2.29 bits per heavy atom. The third-order valence-corrected chi connectivity index (χ3v) is 2.49. The van der Waals surface area contributed by atoms with Gasteiger partial charge in [-0.3, -0.25) is 0 Å². The summed E-state index contributed by atoms with van der Waals surface area (Å²) in [6.45, 7) is 0.561. The highest BCUT2D eigenvalue weighted by molar-refractivity contribution is 5.23. The van der Waals surface area contributed by atoms with Crippen LogP contribution in [-0.2, 0) is 0 Å². The Hall–Kier alpha value is -1.03. The average molecular weight is 201 g/mol. The van der Waals surface area contributed by atoms with E-state index in [1.807, 2.05) is 0 Å². The average Bonchev–Trinajstić information content (AvgIpc) is 2.50. The lowest BCUT2D eigenvalue weighted by atomic mass is 9.98. The van der Waals surface area contributed by atoms with Gasteiger partial charge in [0, 0.05) is 25.1 Å². The molecular weight excluding hydrogens is 191 g/mol. The van der Waals surface area contributed by atoms with E-state index in [-0.39, 0.29) is 12.5 Å².